The Balaban J connectivity index is 2.53. The van der Waals surface area contributed by atoms with Crippen LogP contribution in [0.5, 0.6) is 0 Å². The lowest BCUT2D eigenvalue weighted by Crippen LogP contribution is -2.10. The van der Waals surface area contributed by atoms with E-state index in [2.05, 4.69) is 4.98 Å². The van der Waals surface area contributed by atoms with E-state index in [1.807, 2.05) is 6.92 Å². The quantitative estimate of drug-likeness (QED) is 0.655. The van der Waals surface area contributed by atoms with Crippen LogP contribution >= 0.6 is 0 Å². The maximum atomic E-state index is 11.4. The molecule has 1 aromatic rings. The van der Waals surface area contributed by atoms with Crippen molar-refractivity contribution in [3.05, 3.63) is 18.2 Å². The lowest BCUT2D eigenvalue weighted by Gasteiger charge is -1.97. The van der Waals surface area contributed by atoms with E-state index >= 15 is 0 Å². The molecule has 2 N–H and O–H groups in total. The summed E-state index contributed by atoms with van der Waals surface area (Å²) in [5.41, 5.74) is 5.80. The van der Waals surface area contributed by atoms with Gasteiger partial charge >= 0.3 is 0 Å². The number of hydrogen-bond acceptors (Lipinski definition) is 4. The second-order valence-corrected chi connectivity index (χ2v) is 2.85. The molecular formula is C9H15N3O2. The van der Waals surface area contributed by atoms with Crippen LogP contribution in [0.4, 0.5) is 0 Å². The molecule has 5 heteroatoms. The van der Waals surface area contributed by atoms with Gasteiger partial charge in [-0.05, 0) is 6.92 Å². The number of ether oxygens (including phenoxy) is 1. The van der Waals surface area contributed by atoms with Crippen molar-refractivity contribution in [1.29, 1.82) is 0 Å². The van der Waals surface area contributed by atoms with E-state index in [0.717, 1.165) is 0 Å². The fourth-order valence-corrected chi connectivity index (χ4v) is 1.04. The lowest BCUT2D eigenvalue weighted by molar-refractivity contribution is 0.0778. The molecule has 0 aromatic carbocycles. The van der Waals surface area contributed by atoms with E-state index in [0.29, 0.717) is 25.4 Å². The summed E-state index contributed by atoms with van der Waals surface area (Å²) < 4.78 is 6.79. The predicted octanol–water partition coefficient (Wildman–Crippen LogP) is 0.0610. The maximum Gasteiger partial charge on any atom is 0.208 e. The van der Waals surface area contributed by atoms with Crippen molar-refractivity contribution in [2.45, 2.75) is 13.5 Å². The van der Waals surface area contributed by atoms with E-state index in [4.69, 9.17) is 10.5 Å². The Labute approximate surface area is 82.9 Å². The van der Waals surface area contributed by atoms with E-state index in [1.54, 1.807) is 17.1 Å². The van der Waals surface area contributed by atoms with Crippen LogP contribution in [0.15, 0.2) is 12.5 Å². The fraction of sp³-hybridized carbons (Fsp3) is 0.556. The summed E-state index contributed by atoms with van der Waals surface area (Å²) in [6.07, 6.45) is 3.29. The smallest absolute Gasteiger partial charge is 0.208 e. The minimum atomic E-state index is -0.0948. The van der Waals surface area contributed by atoms with Crippen LogP contribution in [-0.4, -0.2) is 35.1 Å². The highest BCUT2D eigenvalue weighted by molar-refractivity contribution is 5.95. The van der Waals surface area contributed by atoms with Crippen molar-refractivity contribution in [3.63, 3.8) is 0 Å². The number of Topliss-reactive ketones (excluding diaryl/α,β-unsaturated/α-hetero) is 1. The molecule has 0 amide bonds. The highest BCUT2D eigenvalue weighted by atomic mass is 16.5. The molecule has 0 saturated heterocycles. The maximum absolute atomic E-state index is 11.4. The van der Waals surface area contributed by atoms with Gasteiger partial charge in [0, 0.05) is 25.9 Å². The van der Waals surface area contributed by atoms with Gasteiger partial charge in [0.2, 0.25) is 5.78 Å². The number of nitrogens with zero attached hydrogens (tertiary/aromatic N) is 2. The fourth-order valence-electron chi connectivity index (χ4n) is 1.04. The van der Waals surface area contributed by atoms with Crippen molar-refractivity contribution < 1.29 is 9.53 Å². The zero-order valence-corrected chi connectivity index (χ0v) is 8.27. The number of carbonyl (C=O) groups excluding carboxylic acids is 1. The average molecular weight is 197 g/mol. The number of aromatic nitrogens is 2. The summed E-state index contributed by atoms with van der Waals surface area (Å²) in [5, 5.41) is 0. The van der Waals surface area contributed by atoms with Gasteiger partial charge in [0.15, 0.2) is 0 Å². The van der Waals surface area contributed by atoms with Gasteiger partial charge in [-0.25, -0.2) is 4.98 Å². The summed E-state index contributed by atoms with van der Waals surface area (Å²) >= 11 is 0. The first-order valence-corrected chi connectivity index (χ1v) is 4.60. The van der Waals surface area contributed by atoms with Crippen molar-refractivity contribution in [2.24, 2.45) is 5.73 Å². The summed E-state index contributed by atoms with van der Waals surface area (Å²) in [7, 11) is 0. The minimum absolute atomic E-state index is 0.0934. The first kappa shape index (κ1) is 10.9. The molecule has 0 unspecified atom stereocenters. The zero-order valence-electron chi connectivity index (χ0n) is 8.27. The highest BCUT2D eigenvalue weighted by Crippen LogP contribution is 1.97. The molecule has 0 aliphatic heterocycles. The van der Waals surface area contributed by atoms with E-state index in [9.17, 15) is 4.79 Å². The third kappa shape index (κ3) is 2.93. The molecular weight excluding hydrogens is 182 g/mol. The van der Waals surface area contributed by atoms with Crippen LogP contribution in [0.3, 0.4) is 0 Å². The van der Waals surface area contributed by atoms with Crippen LogP contribution in [0.1, 0.15) is 17.4 Å². The number of nitrogens with two attached hydrogens (primary N) is 1. The third-order valence-electron chi connectivity index (χ3n) is 1.74. The van der Waals surface area contributed by atoms with Crippen molar-refractivity contribution in [1.82, 2.24) is 9.55 Å². The predicted molar refractivity (Wildman–Crippen MR) is 52.1 cm³/mol. The van der Waals surface area contributed by atoms with Crippen LogP contribution in [-0.2, 0) is 11.3 Å². The number of hydrogen-bond donors (Lipinski definition) is 1. The van der Waals surface area contributed by atoms with Gasteiger partial charge < -0.3 is 15.0 Å². The molecule has 0 fully saturated rings. The van der Waals surface area contributed by atoms with E-state index in [1.165, 1.54) is 0 Å². The summed E-state index contributed by atoms with van der Waals surface area (Å²) in [5.74, 6) is -0.0948. The van der Waals surface area contributed by atoms with Gasteiger partial charge in [-0.1, -0.05) is 0 Å². The molecule has 0 aliphatic carbocycles. The number of carbonyl (C=O) groups is 1. The molecule has 0 saturated carbocycles. The van der Waals surface area contributed by atoms with Crippen molar-refractivity contribution >= 4 is 5.78 Å². The summed E-state index contributed by atoms with van der Waals surface area (Å²) in [6, 6.07) is 0. The Kier molecular flexibility index (Phi) is 4.28. The van der Waals surface area contributed by atoms with Gasteiger partial charge in [0.05, 0.1) is 6.33 Å². The molecule has 14 heavy (non-hydrogen) atoms. The van der Waals surface area contributed by atoms with E-state index < -0.39 is 0 Å². The van der Waals surface area contributed by atoms with Gasteiger partial charge in [0.25, 0.3) is 0 Å². The monoisotopic (exact) mass is 197 g/mol. The molecule has 0 aliphatic rings. The third-order valence-corrected chi connectivity index (χ3v) is 1.74. The standard InChI is InChI=1S/C9H15N3O2/c1-2-14-6-9(13)8-5-12(4-3-10)7-11-8/h5,7H,2-4,6,10H2,1H3. The molecule has 1 rings (SSSR count). The zero-order chi connectivity index (χ0) is 10.4. The Morgan fingerprint density at radius 2 is 2.50 bits per heavy atom. The summed E-state index contributed by atoms with van der Waals surface area (Å²) in [6.45, 7) is 3.69. The Morgan fingerprint density at radius 1 is 1.71 bits per heavy atom. The Morgan fingerprint density at radius 3 is 3.14 bits per heavy atom. The number of ketones is 1. The topological polar surface area (TPSA) is 70.1 Å². The molecule has 78 valence electrons. The lowest BCUT2D eigenvalue weighted by atomic mass is 10.3. The normalized spacial score (nSPS) is 10.4. The second kappa shape index (κ2) is 5.51. The molecule has 0 spiro atoms. The van der Waals surface area contributed by atoms with Crippen LogP contribution in [0.25, 0.3) is 0 Å². The molecule has 1 heterocycles. The molecule has 5 nitrogen and oxygen atoms in total. The molecule has 1 aromatic heterocycles. The van der Waals surface area contributed by atoms with Crippen molar-refractivity contribution in [2.75, 3.05) is 19.8 Å². The van der Waals surface area contributed by atoms with E-state index in [-0.39, 0.29) is 12.4 Å². The molecule has 0 radical (unpaired) electrons. The number of imidazole rings is 1. The first-order valence-electron chi connectivity index (χ1n) is 4.60. The summed E-state index contributed by atoms with van der Waals surface area (Å²) in [4.78, 5) is 15.4. The van der Waals surface area contributed by atoms with Crippen LogP contribution in [0.2, 0.25) is 0 Å². The average Bonchev–Trinajstić information content (AvgIpc) is 2.63. The molecule has 0 atom stereocenters. The Hall–Kier alpha value is -1.20. The Bertz CT molecular complexity index is 296. The van der Waals surface area contributed by atoms with Crippen molar-refractivity contribution in [3.8, 4) is 0 Å². The SMILES string of the molecule is CCOCC(=O)c1cn(CCN)cn1. The first-order chi connectivity index (χ1) is 6.77. The van der Waals surface area contributed by atoms with Crippen LogP contribution in [0, 0.1) is 0 Å². The second-order valence-electron chi connectivity index (χ2n) is 2.85. The van der Waals surface area contributed by atoms with Crippen LogP contribution < -0.4 is 5.73 Å². The number of rotatable bonds is 6. The molecule has 0 bridgehead atoms. The van der Waals surface area contributed by atoms with Gasteiger partial charge in [-0.2, -0.15) is 0 Å². The largest absolute Gasteiger partial charge is 0.374 e. The van der Waals surface area contributed by atoms with Gasteiger partial charge in [0.1, 0.15) is 12.3 Å². The van der Waals surface area contributed by atoms with Gasteiger partial charge in [-0.15, -0.1) is 0 Å². The highest BCUT2D eigenvalue weighted by Gasteiger charge is 2.08. The minimum Gasteiger partial charge on any atom is -0.374 e. The van der Waals surface area contributed by atoms with Gasteiger partial charge in [-0.3, -0.25) is 4.79 Å².